The van der Waals surface area contributed by atoms with Gasteiger partial charge in [-0.15, -0.1) is 0 Å². The van der Waals surface area contributed by atoms with Gasteiger partial charge in [-0.3, -0.25) is 4.79 Å². The molecule has 2 aromatic heterocycles. The fraction of sp³-hybridized carbons (Fsp3) is 0.333. The highest BCUT2D eigenvalue weighted by atomic mass is 16.1. The van der Waals surface area contributed by atoms with Crippen LogP contribution in [0.15, 0.2) is 31.1 Å². The summed E-state index contributed by atoms with van der Waals surface area (Å²) in [5.74, 6) is 0.0563. The molecule has 18 heavy (non-hydrogen) atoms. The predicted octanol–water partition coefficient (Wildman–Crippen LogP) is 4.23. The highest BCUT2D eigenvalue weighted by Gasteiger charge is 2.02. The van der Waals surface area contributed by atoms with E-state index in [2.05, 4.69) is 11.6 Å². The van der Waals surface area contributed by atoms with Gasteiger partial charge in [-0.1, -0.05) is 34.3 Å². The van der Waals surface area contributed by atoms with Crippen molar-refractivity contribution in [1.29, 1.82) is 0 Å². The van der Waals surface area contributed by atoms with E-state index in [-0.39, 0.29) is 5.78 Å². The second-order valence-electron chi connectivity index (χ2n) is 3.11. The molecule has 0 aromatic carbocycles. The van der Waals surface area contributed by atoms with Crippen LogP contribution in [-0.2, 0) is 0 Å². The number of ketones is 1. The van der Waals surface area contributed by atoms with E-state index in [1.807, 2.05) is 44.4 Å². The fourth-order valence-corrected chi connectivity index (χ4v) is 1.32. The zero-order chi connectivity index (χ0) is 14.1. The average Bonchev–Trinajstić information content (AvgIpc) is 2.85. The van der Waals surface area contributed by atoms with E-state index in [1.54, 1.807) is 25.3 Å². The number of aromatic nitrogens is 2. The Morgan fingerprint density at radius 1 is 1.22 bits per heavy atom. The lowest BCUT2D eigenvalue weighted by Gasteiger charge is -1.96. The van der Waals surface area contributed by atoms with E-state index < -0.39 is 0 Å². The van der Waals surface area contributed by atoms with Gasteiger partial charge >= 0.3 is 0 Å². The van der Waals surface area contributed by atoms with Crippen LogP contribution in [0.1, 0.15) is 50.7 Å². The smallest absolute Gasteiger partial charge is 0.161 e. The van der Waals surface area contributed by atoms with Crippen LogP contribution in [0.5, 0.6) is 0 Å². The molecule has 0 aliphatic heterocycles. The Kier molecular flexibility index (Phi) is 7.36. The number of nitrogens with zero attached hydrogens (tertiary/aromatic N) is 2. The average molecular weight is 246 g/mol. The molecule has 0 spiro atoms. The summed E-state index contributed by atoms with van der Waals surface area (Å²) in [4.78, 5) is 15.4. The molecule has 0 atom stereocenters. The van der Waals surface area contributed by atoms with Crippen LogP contribution in [0.25, 0.3) is 11.7 Å². The van der Waals surface area contributed by atoms with Crippen molar-refractivity contribution in [2.45, 2.75) is 34.6 Å². The molecule has 2 rings (SSSR count). The van der Waals surface area contributed by atoms with Gasteiger partial charge in [0.25, 0.3) is 0 Å². The Hall–Kier alpha value is -1.90. The van der Waals surface area contributed by atoms with Gasteiger partial charge < -0.3 is 4.40 Å². The maximum Gasteiger partial charge on any atom is 0.161 e. The number of Topliss-reactive ketones (excluding diaryl/α,β-unsaturated/α-hetero) is 1. The largest absolute Gasteiger partial charge is 0.306 e. The zero-order valence-electron chi connectivity index (χ0n) is 11.9. The van der Waals surface area contributed by atoms with Gasteiger partial charge in [-0.25, -0.2) is 4.98 Å². The molecule has 3 nitrogen and oxygen atoms in total. The first-order chi connectivity index (χ1) is 8.70. The lowest BCUT2D eigenvalue weighted by atomic mass is 10.2. The van der Waals surface area contributed by atoms with E-state index in [1.165, 1.54) is 0 Å². The summed E-state index contributed by atoms with van der Waals surface area (Å²) in [5, 5.41) is 0. The Morgan fingerprint density at radius 2 is 1.83 bits per heavy atom. The third-order valence-corrected chi connectivity index (χ3v) is 2.09. The Bertz CT molecular complexity index is 512. The number of carbonyl (C=O) groups excluding carboxylic acids is 1. The van der Waals surface area contributed by atoms with E-state index in [0.717, 1.165) is 11.3 Å². The van der Waals surface area contributed by atoms with Crippen LogP contribution in [-0.4, -0.2) is 15.2 Å². The van der Waals surface area contributed by atoms with Crippen molar-refractivity contribution in [3.05, 3.63) is 42.4 Å². The van der Waals surface area contributed by atoms with Gasteiger partial charge in [-0.2, -0.15) is 0 Å². The molecule has 0 N–H and O–H groups in total. The molecule has 0 bridgehead atoms. The maximum atomic E-state index is 11.1. The molecule has 3 heteroatoms. The molecule has 2 aromatic rings. The number of fused-ring (bicyclic) bond motifs is 1. The van der Waals surface area contributed by atoms with Gasteiger partial charge in [0.2, 0.25) is 0 Å². The van der Waals surface area contributed by atoms with Crippen LogP contribution >= 0.6 is 0 Å². The third kappa shape index (κ3) is 3.84. The fourth-order valence-electron chi connectivity index (χ4n) is 1.32. The van der Waals surface area contributed by atoms with Crippen molar-refractivity contribution in [2.75, 3.05) is 0 Å². The molecule has 0 saturated heterocycles. The highest BCUT2D eigenvalue weighted by molar-refractivity contribution is 5.94. The monoisotopic (exact) mass is 246 g/mol. The van der Waals surface area contributed by atoms with E-state index >= 15 is 0 Å². The first-order valence-electron chi connectivity index (χ1n) is 6.33. The minimum atomic E-state index is 0.0563. The van der Waals surface area contributed by atoms with E-state index in [4.69, 9.17) is 0 Å². The minimum absolute atomic E-state index is 0.0563. The van der Waals surface area contributed by atoms with Crippen LogP contribution in [0, 0.1) is 0 Å². The molecule has 0 amide bonds. The lowest BCUT2D eigenvalue weighted by molar-refractivity contribution is 0.101. The van der Waals surface area contributed by atoms with Crippen LogP contribution in [0.2, 0.25) is 0 Å². The molecular weight excluding hydrogens is 224 g/mol. The maximum absolute atomic E-state index is 11.1. The normalized spacial score (nSPS) is 8.72. The first kappa shape index (κ1) is 16.1. The third-order valence-electron chi connectivity index (χ3n) is 2.09. The summed E-state index contributed by atoms with van der Waals surface area (Å²) < 4.78 is 1.83. The second-order valence-corrected chi connectivity index (χ2v) is 3.11. The van der Waals surface area contributed by atoms with Crippen LogP contribution < -0.4 is 0 Å². The summed E-state index contributed by atoms with van der Waals surface area (Å²) in [6, 6.07) is 3.60. The summed E-state index contributed by atoms with van der Waals surface area (Å²) in [6.45, 7) is 13.2. The lowest BCUT2D eigenvalue weighted by Crippen LogP contribution is -1.94. The SMILES string of the molecule is C=Cc1cn2cc(C(C)=O)ccc2n1.CC.CC. The quantitative estimate of drug-likeness (QED) is 0.743. The summed E-state index contributed by atoms with van der Waals surface area (Å²) >= 11 is 0. The highest BCUT2D eigenvalue weighted by Crippen LogP contribution is 2.08. The van der Waals surface area contributed by atoms with Crippen LogP contribution in [0.4, 0.5) is 0 Å². The zero-order valence-corrected chi connectivity index (χ0v) is 11.9. The van der Waals surface area contributed by atoms with Crippen molar-refractivity contribution in [3.63, 3.8) is 0 Å². The predicted molar refractivity (Wildman–Crippen MR) is 78.0 cm³/mol. The van der Waals surface area contributed by atoms with Crippen molar-refractivity contribution >= 4 is 17.5 Å². The number of hydrogen-bond donors (Lipinski definition) is 0. The van der Waals surface area contributed by atoms with Gasteiger partial charge in [0.1, 0.15) is 5.65 Å². The Labute approximate surface area is 109 Å². The van der Waals surface area contributed by atoms with Crippen molar-refractivity contribution in [3.8, 4) is 0 Å². The summed E-state index contributed by atoms with van der Waals surface area (Å²) in [7, 11) is 0. The van der Waals surface area contributed by atoms with Crippen molar-refractivity contribution < 1.29 is 4.79 Å². The Balaban J connectivity index is 0.000000659. The van der Waals surface area contributed by atoms with Gasteiger partial charge in [-0.05, 0) is 25.1 Å². The van der Waals surface area contributed by atoms with Gasteiger partial charge in [0, 0.05) is 18.0 Å². The van der Waals surface area contributed by atoms with Crippen LogP contribution in [0.3, 0.4) is 0 Å². The first-order valence-corrected chi connectivity index (χ1v) is 6.33. The molecular formula is C15H22N2O. The molecule has 98 valence electrons. The van der Waals surface area contributed by atoms with Gasteiger partial charge in [0.05, 0.1) is 5.69 Å². The number of imidazole rings is 1. The summed E-state index contributed by atoms with van der Waals surface area (Å²) in [5.41, 5.74) is 2.32. The minimum Gasteiger partial charge on any atom is -0.306 e. The van der Waals surface area contributed by atoms with E-state index in [0.29, 0.717) is 5.56 Å². The number of carbonyl (C=O) groups is 1. The standard InChI is InChI=1S/C11H10N2O.2C2H6/c1-3-10-7-13-6-9(8(2)14)4-5-11(13)12-10;2*1-2/h3-7H,1H2,2H3;2*1-2H3. The number of hydrogen-bond acceptors (Lipinski definition) is 2. The number of rotatable bonds is 2. The molecule has 0 unspecified atom stereocenters. The Morgan fingerprint density at radius 3 is 2.33 bits per heavy atom. The summed E-state index contributed by atoms with van der Waals surface area (Å²) in [6.07, 6.45) is 5.30. The molecule has 2 heterocycles. The van der Waals surface area contributed by atoms with Crippen molar-refractivity contribution in [2.24, 2.45) is 0 Å². The molecule has 0 radical (unpaired) electrons. The van der Waals surface area contributed by atoms with Crippen molar-refractivity contribution in [1.82, 2.24) is 9.38 Å². The molecule has 0 aliphatic rings. The van der Waals surface area contributed by atoms with E-state index in [9.17, 15) is 4.79 Å². The second kappa shape index (κ2) is 8.23. The number of pyridine rings is 1. The molecule has 0 aliphatic carbocycles. The van der Waals surface area contributed by atoms with Gasteiger partial charge in [0.15, 0.2) is 5.78 Å². The molecule has 0 fully saturated rings. The topological polar surface area (TPSA) is 34.4 Å². The molecule has 0 saturated carbocycles.